The Balaban J connectivity index is 0.735. The normalized spacial score (nSPS) is 24.9. The molecule has 4 aliphatic carbocycles. The number of aromatic carboxylic acids is 1. The van der Waals surface area contributed by atoms with Crippen LogP contribution in [0.3, 0.4) is 0 Å². The molecule has 6 aliphatic rings. The highest BCUT2D eigenvalue weighted by Crippen LogP contribution is 2.72. The van der Waals surface area contributed by atoms with Crippen molar-refractivity contribution in [2.24, 2.45) is 22.0 Å². The maximum absolute atomic E-state index is 14.0. The van der Waals surface area contributed by atoms with E-state index in [2.05, 4.69) is 34.8 Å². The number of carbonyl (C=O) groups excluding carboxylic acids is 4. The summed E-state index contributed by atoms with van der Waals surface area (Å²) in [6, 6.07) is 17.4. The molecule has 32 heteroatoms. The number of benzene rings is 3. The first kappa shape index (κ1) is 72.5. The molecule has 4 amide bonds. The zero-order valence-electron chi connectivity index (χ0n) is 55.8. The van der Waals surface area contributed by atoms with Gasteiger partial charge in [-0.1, -0.05) is 49.5 Å². The Kier molecular flexibility index (Phi) is 21.4. The molecule has 8 atom stereocenters. The molecule has 1 saturated heterocycles. The predicted octanol–water partition coefficient (Wildman–Crippen LogP) is 5.25. The van der Waals surface area contributed by atoms with Gasteiger partial charge >= 0.3 is 18.0 Å². The molecule has 2 unspecified atom stereocenters. The van der Waals surface area contributed by atoms with Crippen molar-refractivity contribution in [3.8, 4) is 22.6 Å². The SMILES string of the molecule is COCCN(CCOC12CC3(C)CC(C)(CC(Cn4ncc(-c5ccc(N6CCc7c(OC)ccc(C(=O)Nc8nc9ccccc9s8)c7C6)nc5C(=O)O)c4C)(C3)C1)C2)C(=O)OCC=Cc1ccc(O[C@@H]2O[C@H](C(=O)O)[C@@H](O)[C@H](O)[C@H]2O)c(NC(=O)CCNC(=O)[C@@H](N)CS(=O)(=O)O)c1. The summed E-state index contributed by atoms with van der Waals surface area (Å²) in [6.07, 6.45) is -0.310. The number of aliphatic hydroxyl groups excluding tert-OH is 3. The molecule has 6 aromatic rings. The number of thiazole rings is 1. The number of fused-ring (bicyclic) bond motifs is 2. The van der Waals surface area contributed by atoms with E-state index in [1.165, 1.54) is 47.6 Å². The first-order valence-corrected chi connectivity index (χ1v) is 35.0. The minimum absolute atomic E-state index is 0.0663. The molecule has 0 spiro atoms. The van der Waals surface area contributed by atoms with Gasteiger partial charge in [-0.25, -0.2) is 24.4 Å². The molecular formula is C68H82N10O20S2. The van der Waals surface area contributed by atoms with Crippen molar-refractivity contribution < 1.29 is 95.7 Å². The van der Waals surface area contributed by atoms with Gasteiger partial charge in [0.2, 0.25) is 18.1 Å². The standard InChI is InChI=1S/C68H82N10O20S2/c1-38-43(41-14-17-51(74-53(41)60(85)86)77-21-19-40-44(29-77)42(13-16-48(40)94-5)58(83)75-63-73-46-10-6-7-11-50(46)99-63)28-71-78(38)37-67-32-65(2)31-66(3,33-67)35-68(34-65,36-67)96-26-23-76(22-25-93-4)64(89)95-24-8-9-39-12-15-49(97-62-56(82)54(80)55(81)57(98-62)61(87)88)47(27-39)72-52(79)18-20-70-59(84)45(69)30-100(90,91)92/h6-17,27-28,45,54-57,62,80-82H,18-26,29-37,69H2,1-5H3,(H,70,84)(H,72,79)(H,85,86)(H,87,88)(H,73,75,83)(H,90,91,92)/t45-,54-,55-,56+,57-,62+,65?,66?,67?,68?/m0/s1. The fraction of sp³-hybridized carbons (Fsp3) is 0.485. The molecule has 100 heavy (non-hydrogen) atoms. The van der Waals surface area contributed by atoms with Crippen molar-refractivity contribution in [1.29, 1.82) is 0 Å². The summed E-state index contributed by atoms with van der Waals surface area (Å²) in [5.41, 5.74) is 9.58. The van der Waals surface area contributed by atoms with E-state index >= 15 is 0 Å². The maximum Gasteiger partial charge on any atom is 0.410 e. The largest absolute Gasteiger partial charge is 0.496 e. The molecular weight excluding hydrogens is 1340 g/mol. The number of rotatable bonds is 28. The van der Waals surface area contributed by atoms with E-state index in [1.54, 1.807) is 37.6 Å². The van der Waals surface area contributed by atoms with Crippen LogP contribution in [-0.4, -0.2) is 207 Å². The highest BCUT2D eigenvalue weighted by atomic mass is 32.2. The Morgan fingerprint density at radius 2 is 1.61 bits per heavy atom. The number of aliphatic hydroxyl groups is 3. The van der Waals surface area contributed by atoms with Crippen LogP contribution in [0.25, 0.3) is 27.4 Å². The summed E-state index contributed by atoms with van der Waals surface area (Å²) in [6.45, 7) is 8.12. The zero-order valence-corrected chi connectivity index (χ0v) is 57.4. The number of anilines is 3. The zero-order chi connectivity index (χ0) is 71.6. The third kappa shape index (κ3) is 16.2. The molecule has 30 nitrogen and oxygen atoms in total. The van der Waals surface area contributed by atoms with Crippen LogP contribution in [0.4, 0.5) is 21.4 Å². The van der Waals surface area contributed by atoms with Gasteiger partial charge in [0.1, 0.15) is 48.3 Å². The van der Waals surface area contributed by atoms with Crippen LogP contribution in [0.5, 0.6) is 11.5 Å². The number of pyridine rings is 1. The number of nitrogens with two attached hydrogens (primary N) is 1. The van der Waals surface area contributed by atoms with E-state index in [1.807, 2.05) is 46.8 Å². The number of methoxy groups -OCH3 is 2. The number of carboxylic acid groups (broad SMARTS) is 2. The Hall–Kier alpha value is -8.70. The topological polar surface area (TPSA) is 426 Å². The van der Waals surface area contributed by atoms with Crippen LogP contribution >= 0.6 is 11.3 Å². The van der Waals surface area contributed by atoms with Gasteiger partial charge in [-0.05, 0) is 134 Å². The van der Waals surface area contributed by atoms with Crippen LogP contribution in [0.1, 0.15) is 102 Å². The number of carbonyl (C=O) groups is 6. The molecule has 12 rings (SSSR count). The summed E-state index contributed by atoms with van der Waals surface area (Å²) >= 11 is 1.38. The predicted molar refractivity (Wildman–Crippen MR) is 363 cm³/mol. The number of aromatic nitrogens is 4. The quantitative estimate of drug-likeness (QED) is 0.0280. The summed E-state index contributed by atoms with van der Waals surface area (Å²) in [5, 5.41) is 65.0. The summed E-state index contributed by atoms with van der Waals surface area (Å²) in [5.74, 6) is -5.04. The molecule has 3 aromatic heterocycles. The van der Waals surface area contributed by atoms with Crippen molar-refractivity contribution in [3.63, 3.8) is 0 Å². The maximum atomic E-state index is 14.0. The molecule has 5 fully saturated rings. The van der Waals surface area contributed by atoms with Crippen molar-refractivity contribution in [2.75, 3.05) is 81.5 Å². The number of nitrogens with zero attached hydrogens (tertiary/aromatic N) is 6. The number of hydrogen-bond acceptors (Lipinski definition) is 23. The van der Waals surface area contributed by atoms with Gasteiger partial charge in [0, 0.05) is 80.7 Å². The second kappa shape index (κ2) is 29.5. The number of amides is 4. The summed E-state index contributed by atoms with van der Waals surface area (Å²) in [4.78, 5) is 91.3. The monoisotopic (exact) mass is 1420 g/mol. The highest BCUT2D eigenvalue weighted by molar-refractivity contribution is 7.85. The van der Waals surface area contributed by atoms with Crippen LogP contribution < -0.4 is 36.1 Å². The molecule has 4 saturated carbocycles. The van der Waals surface area contributed by atoms with Gasteiger partial charge < -0.3 is 80.1 Å². The molecule has 2 aliphatic heterocycles. The summed E-state index contributed by atoms with van der Waals surface area (Å²) < 4.78 is 69.4. The Bertz CT molecular complexity index is 4210. The minimum Gasteiger partial charge on any atom is -0.496 e. The van der Waals surface area contributed by atoms with E-state index in [-0.39, 0.29) is 85.3 Å². The Morgan fingerprint density at radius 1 is 0.870 bits per heavy atom. The third-order valence-electron chi connectivity index (χ3n) is 19.2. The van der Waals surface area contributed by atoms with Gasteiger partial charge in [0.15, 0.2) is 16.9 Å². The number of ether oxygens (including phenoxy) is 6. The highest BCUT2D eigenvalue weighted by Gasteiger charge is 2.66. The smallest absolute Gasteiger partial charge is 0.410 e. The first-order valence-electron chi connectivity index (χ1n) is 32.6. The van der Waals surface area contributed by atoms with Crippen molar-refractivity contribution >= 4 is 90.1 Å². The molecule has 3 aromatic carbocycles. The van der Waals surface area contributed by atoms with Crippen LogP contribution in [0.2, 0.25) is 0 Å². The number of carboxylic acids is 2. The lowest BCUT2D eigenvalue weighted by Crippen LogP contribution is -2.64. The van der Waals surface area contributed by atoms with Crippen LogP contribution in [0, 0.1) is 23.2 Å². The van der Waals surface area contributed by atoms with E-state index in [4.69, 9.17) is 48.8 Å². The molecule has 0 radical (unpaired) electrons. The lowest BCUT2D eigenvalue weighted by molar-refractivity contribution is -0.271. The van der Waals surface area contributed by atoms with E-state index in [0.29, 0.717) is 58.5 Å². The number of para-hydroxylation sites is 1. The molecule has 11 N–H and O–H groups in total. The van der Waals surface area contributed by atoms with E-state index in [9.17, 15) is 62.7 Å². The van der Waals surface area contributed by atoms with E-state index < -0.39 is 94.5 Å². The fourth-order valence-electron chi connectivity index (χ4n) is 16.0. The number of nitrogens with one attached hydrogen (secondary N) is 3. The van der Waals surface area contributed by atoms with Crippen molar-refractivity contribution in [1.82, 2.24) is 30.0 Å². The van der Waals surface area contributed by atoms with Gasteiger partial charge in [-0.15, -0.1) is 0 Å². The van der Waals surface area contributed by atoms with Crippen molar-refractivity contribution in [2.45, 2.75) is 128 Å². The summed E-state index contributed by atoms with van der Waals surface area (Å²) in [7, 11) is -1.47. The third-order valence-corrected chi connectivity index (χ3v) is 20.9. The average Bonchev–Trinajstić information content (AvgIpc) is 0.774. The minimum atomic E-state index is -4.58. The van der Waals surface area contributed by atoms with Crippen LogP contribution in [0.15, 0.2) is 79.0 Å². The fourth-order valence-corrected chi connectivity index (χ4v) is 17.5. The number of aliphatic carboxylic acids is 1. The second-order valence-corrected chi connectivity index (χ2v) is 29.8. The number of hydrogen-bond donors (Lipinski definition) is 10. The van der Waals surface area contributed by atoms with E-state index in [0.717, 1.165) is 65.6 Å². The Morgan fingerprint density at radius 3 is 2.32 bits per heavy atom. The second-order valence-electron chi connectivity index (χ2n) is 27.3. The molecule has 5 heterocycles. The van der Waals surface area contributed by atoms with Gasteiger partial charge in [-0.3, -0.25) is 28.9 Å². The first-order chi connectivity index (χ1) is 47.5. The van der Waals surface area contributed by atoms with Crippen LogP contribution in [-0.2, 0) is 63.0 Å². The average molecular weight is 1420 g/mol. The van der Waals surface area contributed by atoms with Gasteiger partial charge in [-0.2, -0.15) is 13.5 Å². The van der Waals surface area contributed by atoms with Crippen molar-refractivity contribution in [3.05, 3.63) is 113 Å². The lowest BCUT2D eigenvalue weighted by Gasteiger charge is -2.69. The molecule has 4 bridgehead atoms. The molecule has 536 valence electrons. The lowest BCUT2D eigenvalue weighted by atomic mass is 9.39. The van der Waals surface area contributed by atoms with Gasteiger partial charge in [0.05, 0.1) is 53.8 Å². The Labute approximate surface area is 579 Å². The van der Waals surface area contributed by atoms with Gasteiger partial charge in [0.25, 0.3) is 16.0 Å².